The Morgan fingerprint density at radius 3 is 2.69 bits per heavy atom. The summed E-state index contributed by atoms with van der Waals surface area (Å²) in [5.41, 5.74) is 1.00. The van der Waals surface area contributed by atoms with Gasteiger partial charge in [0, 0.05) is 24.0 Å². The number of thioether (sulfide) groups is 1. The van der Waals surface area contributed by atoms with E-state index in [1.165, 1.54) is 0 Å². The summed E-state index contributed by atoms with van der Waals surface area (Å²) in [6, 6.07) is 5.70. The zero-order valence-electron chi connectivity index (χ0n) is 7.10. The van der Waals surface area contributed by atoms with Crippen LogP contribution in [0, 0.1) is 0 Å². The summed E-state index contributed by atoms with van der Waals surface area (Å²) < 4.78 is 5.14. The van der Waals surface area contributed by atoms with Crippen LogP contribution < -0.4 is 0 Å². The highest BCUT2D eigenvalue weighted by atomic mass is 32.2. The minimum atomic E-state index is 0.784. The number of rotatable bonds is 2. The van der Waals surface area contributed by atoms with Crippen LogP contribution in [-0.2, 0) is 0 Å². The first-order valence-electron chi connectivity index (χ1n) is 3.81. The lowest BCUT2D eigenvalue weighted by atomic mass is 10.2. The van der Waals surface area contributed by atoms with Crippen LogP contribution in [0.25, 0.3) is 11.3 Å². The van der Waals surface area contributed by atoms with Crippen molar-refractivity contribution in [3.8, 4) is 11.3 Å². The fourth-order valence-corrected chi connectivity index (χ4v) is 1.34. The van der Waals surface area contributed by atoms with E-state index in [2.05, 4.69) is 10.1 Å². The number of hydrogen-bond acceptors (Lipinski definition) is 4. The molecular formula is C9H8N2OS. The van der Waals surface area contributed by atoms with Gasteiger partial charge in [0.15, 0.2) is 5.76 Å². The molecule has 0 amide bonds. The Morgan fingerprint density at radius 1 is 1.31 bits per heavy atom. The van der Waals surface area contributed by atoms with Crippen molar-refractivity contribution in [2.24, 2.45) is 0 Å². The van der Waals surface area contributed by atoms with Crippen LogP contribution in [0.1, 0.15) is 0 Å². The van der Waals surface area contributed by atoms with Gasteiger partial charge in [-0.25, -0.2) is 0 Å². The Labute approximate surface area is 80.2 Å². The molecule has 4 heteroatoms. The molecule has 0 spiro atoms. The number of nitrogens with zero attached hydrogens (tertiary/aromatic N) is 2. The summed E-state index contributed by atoms with van der Waals surface area (Å²) in [6.07, 6.45) is 5.43. The fourth-order valence-electron chi connectivity index (χ4n) is 1.01. The first-order valence-corrected chi connectivity index (χ1v) is 5.04. The molecule has 2 rings (SSSR count). The van der Waals surface area contributed by atoms with Crippen LogP contribution in [0.3, 0.4) is 0 Å². The van der Waals surface area contributed by atoms with E-state index in [0.717, 1.165) is 16.3 Å². The maximum absolute atomic E-state index is 5.14. The van der Waals surface area contributed by atoms with Gasteiger partial charge in [-0.1, -0.05) is 5.16 Å². The molecule has 0 aromatic carbocycles. The third kappa shape index (κ3) is 1.72. The molecule has 0 fully saturated rings. The average molecular weight is 192 g/mol. The molecule has 2 aromatic rings. The van der Waals surface area contributed by atoms with E-state index in [0.29, 0.717) is 0 Å². The van der Waals surface area contributed by atoms with Crippen molar-refractivity contribution in [2.75, 3.05) is 6.26 Å². The number of hydrogen-bond donors (Lipinski definition) is 0. The Morgan fingerprint density at radius 2 is 2.08 bits per heavy atom. The Kier molecular flexibility index (Phi) is 2.31. The lowest BCUT2D eigenvalue weighted by Crippen LogP contribution is -1.73. The molecule has 66 valence electrons. The van der Waals surface area contributed by atoms with Crippen molar-refractivity contribution in [1.82, 2.24) is 10.1 Å². The Hall–Kier alpha value is -1.29. The first kappa shape index (κ1) is 8.31. The van der Waals surface area contributed by atoms with Crippen LogP contribution >= 0.6 is 11.8 Å². The van der Waals surface area contributed by atoms with E-state index in [-0.39, 0.29) is 0 Å². The van der Waals surface area contributed by atoms with Gasteiger partial charge in [-0.15, -0.1) is 11.8 Å². The van der Waals surface area contributed by atoms with Crippen LogP contribution in [-0.4, -0.2) is 16.4 Å². The molecule has 2 heterocycles. The summed E-state index contributed by atoms with van der Waals surface area (Å²) in [5, 5.41) is 4.77. The highest BCUT2D eigenvalue weighted by Crippen LogP contribution is 2.22. The summed E-state index contributed by atoms with van der Waals surface area (Å²) in [4.78, 5) is 3.93. The smallest absolute Gasteiger partial charge is 0.168 e. The Bertz CT molecular complexity index is 386. The predicted molar refractivity (Wildman–Crippen MR) is 51.5 cm³/mol. The number of pyridine rings is 1. The monoisotopic (exact) mass is 192 g/mol. The quantitative estimate of drug-likeness (QED) is 0.685. The van der Waals surface area contributed by atoms with Crippen LogP contribution in [0.5, 0.6) is 0 Å². The second-order valence-electron chi connectivity index (χ2n) is 2.47. The van der Waals surface area contributed by atoms with Crippen LogP contribution in [0.2, 0.25) is 0 Å². The lowest BCUT2D eigenvalue weighted by molar-refractivity contribution is 0.415. The maximum atomic E-state index is 5.14. The molecule has 13 heavy (non-hydrogen) atoms. The first-order chi connectivity index (χ1) is 6.40. The van der Waals surface area contributed by atoms with E-state index < -0.39 is 0 Å². The molecule has 3 nitrogen and oxygen atoms in total. The minimum absolute atomic E-state index is 0.784. The van der Waals surface area contributed by atoms with E-state index in [9.17, 15) is 0 Å². The van der Waals surface area contributed by atoms with E-state index in [1.54, 1.807) is 24.2 Å². The molecule has 0 atom stereocenters. The lowest BCUT2D eigenvalue weighted by Gasteiger charge is -1.90. The van der Waals surface area contributed by atoms with E-state index >= 15 is 0 Å². The third-order valence-electron chi connectivity index (χ3n) is 1.66. The zero-order chi connectivity index (χ0) is 9.10. The maximum Gasteiger partial charge on any atom is 0.168 e. The molecule has 0 aliphatic heterocycles. The molecule has 0 N–H and O–H groups in total. The van der Waals surface area contributed by atoms with Crippen molar-refractivity contribution in [2.45, 2.75) is 5.03 Å². The molecule has 0 unspecified atom stereocenters. The molecule has 2 aromatic heterocycles. The second kappa shape index (κ2) is 3.62. The third-order valence-corrected chi connectivity index (χ3v) is 2.27. The van der Waals surface area contributed by atoms with Gasteiger partial charge >= 0.3 is 0 Å². The van der Waals surface area contributed by atoms with Gasteiger partial charge in [0.1, 0.15) is 5.03 Å². The Balaban J connectivity index is 2.36. The van der Waals surface area contributed by atoms with Crippen LogP contribution in [0.4, 0.5) is 0 Å². The van der Waals surface area contributed by atoms with Gasteiger partial charge in [0.05, 0.1) is 0 Å². The fraction of sp³-hybridized carbons (Fsp3) is 0.111. The SMILES string of the molecule is CSc1cc(-c2ccncc2)on1. The van der Waals surface area contributed by atoms with Gasteiger partial charge in [-0.2, -0.15) is 0 Å². The van der Waals surface area contributed by atoms with Crippen molar-refractivity contribution in [1.29, 1.82) is 0 Å². The molecule has 0 radical (unpaired) electrons. The summed E-state index contributed by atoms with van der Waals surface area (Å²) in [6.45, 7) is 0. The standard InChI is InChI=1S/C9H8N2OS/c1-13-9-6-8(12-11-9)7-2-4-10-5-3-7/h2-6H,1H3. The molecule has 0 aliphatic rings. The van der Waals surface area contributed by atoms with Crippen molar-refractivity contribution in [3.05, 3.63) is 30.6 Å². The molecule has 0 bridgehead atoms. The predicted octanol–water partition coefficient (Wildman–Crippen LogP) is 2.46. The normalized spacial score (nSPS) is 10.2. The van der Waals surface area contributed by atoms with E-state index in [4.69, 9.17) is 4.52 Å². The van der Waals surface area contributed by atoms with Gasteiger partial charge in [-0.05, 0) is 18.4 Å². The zero-order valence-corrected chi connectivity index (χ0v) is 7.91. The highest BCUT2D eigenvalue weighted by Gasteiger charge is 2.04. The topological polar surface area (TPSA) is 38.9 Å². The summed E-state index contributed by atoms with van der Waals surface area (Å²) in [7, 11) is 0. The largest absolute Gasteiger partial charge is 0.355 e. The van der Waals surface area contributed by atoms with Crippen molar-refractivity contribution < 1.29 is 4.52 Å². The highest BCUT2D eigenvalue weighted by molar-refractivity contribution is 7.98. The van der Waals surface area contributed by atoms with Crippen molar-refractivity contribution >= 4 is 11.8 Å². The second-order valence-corrected chi connectivity index (χ2v) is 3.30. The van der Waals surface area contributed by atoms with Gasteiger partial charge in [0.2, 0.25) is 0 Å². The van der Waals surface area contributed by atoms with Gasteiger partial charge < -0.3 is 4.52 Å². The van der Waals surface area contributed by atoms with Crippen molar-refractivity contribution in [3.63, 3.8) is 0 Å². The van der Waals surface area contributed by atoms with E-state index in [1.807, 2.05) is 24.5 Å². The van der Waals surface area contributed by atoms with Gasteiger partial charge in [-0.3, -0.25) is 4.98 Å². The summed E-state index contributed by atoms with van der Waals surface area (Å²) >= 11 is 1.56. The molecule has 0 saturated carbocycles. The minimum Gasteiger partial charge on any atom is -0.355 e. The molecular weight excluding hydrogens is 184 g/mol. The van der Waals surface area contributed by atoms with Gasteiger partial charge in [0.25, 0.3) is 0 Å². The molecule has 0 aliphatic carbocycles. The average Bonchev–Trinajstić information content (AvgIpc) is 2.67. The van der Waals surface area contributed by atoms with Crippen LogP contribution in [0.15, 0.2) is 40.1 Å². The summed E-state index contributed by atoms with van der Waals surface area (Å²) in [5.74, 6) is 0.784. The number of aromatic nitrogens is 2. The molecule has 0 saturated heterocycles.